The Labute approximate surface area is 126 Å². The minimum absolute atomic E-state index is 0.0264. The molecule has 3 N–H and O–H groups in total. The summed E-state index contributed by atoms with van der Waals surface area (Å²) in [4.78, 5) is -0.0264. The van der Waals surface area contributed by atoms with Gasteiger partial charge in [0.1, 0.15) is 0 Å². The SMILES string of the molecule is CN(C(C)(C)CO)S(=O)(=O)c1cc(Cl)cc(N)c1Br. The number of benzene rings is 1. The zero-order valence-electron chi connectivity index (χ0n) is 10.8. The van der Waals surface area contributed by atoms with Crippen LogP contribution in [-0.4, -0.2) is 37.0 Å². The molecule has 0 spiro atoms. The molecule has 8 heteroatoms. The highest BCUT2D eigenvalue weighted by molar-refractivity contribution is 9.10. The van der Waals surface area contributed by atoms with Crippen LogP contribution in [0.2, 0.25) is 5.02 Å². The maximum Gasteiger partial charge on any atom is 0.244 e. The predicted octanol–water partition coefficient (Wildman–Crippen LogP) is 2.08. The molecule has 1 aromatic rings. The quantitative estimate of drug-likeness (QED) is 0.794. The van der Waals surface area contributed by atoms with Crippen LogP contribution < -0.4 is 5.73 Å². The molecule has 5 nitrogen and oxygen atoms in total. The molecule has 0 fully saturated rings. The number of hydrogen-bond donors (Lipinski definition) is 2. The molecule has 0 unspecified atom stereocenters. The highest BCUT2D eigenvalue weighted by Crippen LogP contribution is 2.34. The van der Waals surface area contributed by atoms with Gasteiger partial charge in [0.25, 0.3) is 0 Å². The van der Waals surface area contributed by atoms with Gasteiger partial charge in [-0.2, -0.15) is 4.31 Å². The second-order valence-electron chi connectivity index (χ2n) is 4.75. The Bertz CT molecular complexity index is 590. The zero-order valence-corrected chi connectivity index (χ0v) is 14.0. The van der Waals surface area contributed by atoms with Gasteiger partial charge < -0.3 is 10.8 Å². The van der Waals surface area contributed by atoms with Gasteiger partial charge in [-0.05, 0) is 41.9 Å². The van der Waals surface area contributed by atoms with Crippen molar-refractivity contribution in [3.05, 3.63) is 21.6 Å². The van der Waals surface area contributed by atoms with Crippen LogP contribution in [0.4, 0.5) is 5.69 Å². The van der Waals surface area contributed by atoms with E-state index in [1.807, 2.05) is 0 Å². The lowest BCUT2D eigenvalue weighted by Gasteiger charge is -2.33. The molecule has 1 rings (SSSR count). The van der Waals surface area contributed by atoms with E-state index < -0.39 is 15.6 Å². The molecule has 19 heavy (non-hydrogen) atoms. The van der Waals surface area contributed by atoms with Crippen molar-refractivity contribution in [2.75, 3.05) is 19.4 Å². The van der Waals surface area contributed by atoms with E-state index in [1.54, 1.807) is 13.8 Å². The van der Waals surface area contributed by atoms with Crippen LogP contribution in [0.3, 0.4) is 0 Å². The van der Waals surface area contributed by atoms with Crippen LogP contribution in [0, 0.1) is 0 Å². The summed E-state index contributed by atoms with van der Waals surface area (Å²) in [5, 5.41) is 9.52. The second-order valence-corrected chi connectivity index (χ2v) is 7.92. The Balaban J connectivity index is 3.45. The van der Waals surface area contributed by atoms with Gasteiger partial charge in [0, 0.05) is 17.8 Å². The van der Waals surface area contributed by atoms with E-state index in [0.717, 1.165) is 4.31 Å². The van der Waals surface area contributed by atoms with Crippen LogP contribution in [-0.2, 0) is 10.0 Å². The van der Waals surface area contributed by atoms with Crippen molar-refractivity contribution in [1.82, 2.24) is 4.31 Å². The number of nitrogen functional groups attached to an aromatic ring is 1. The summed E-state index contributed by atoms with van der Waals surface area (Å²) in [7, 11) is -2.42. The Morgan fingerprint density at radius 3 is 2.47 bits per heavy atom. The first kappa shape index (κ1) is 16.7. The smallest absolute Gasteiger partial charge is 0.244 e. The van der Waals surface area contributed by atoms with Gasteiger partial charge in [-0.25, -0.2) is 8.42 Å². The van der Waals surface area contributed by atoms with E-state index in [2.05, 4.69) is 15.9 Å². The fourth-order valence-corrected chi connectivity index (χ4v) is 4.10. The van der Waals surface area contributed by atoms with E-state index in [0.29, 0.717) is 0 Å². The molecule has 0 atom stereocenters. The average molecular weight is 372 g/mol. The predicted molar refractivity (Wildman–Crippen MR) is 79.7 cm³/mol. The maximum absolute atomic E-state index is 12.5. The summed E-state index contributed by atoms with van der Waals surface area (Å²) in [5.74, 6) is 0. The molecule has 108 valence electrons. The van der Waals surface area contributed by atoms with Crippen LogP contribution in [0.15, 0.2) is 21.5 Å². The first-order valence-corrected chi connectivity index (χ1v) is 7.99. The summed E-state index contributed by atoms with van der Waals surface area (Å²) >= 11 is 9.00. The van der Waals surface area contributed by atoms with E-state index in [4.69, 9.17) is 17.3 Å². The van der Waals surface area contributed by atoms with Crippen molar-refractivity contribution in [3.8, 4) is 0 Å². The highest BCUT2D eigenvalue weighted by atomic mass is 79.9. The molecule has 0 saturated heterocycles. The van der Waals surface area contributed by atoms with Crippen molar-refractivity contribution in [1.29, 1.82) is 0 Å². The number of halogens is 2. The molecule has 0 aliphatic carbocycles. The number of likely N-dealkylation sites (N-methyl/N-ethyl adjacent to an activating group) is 1. The van der Waals surface area contributed by atoms with Crippen molar-refractivity contribution in [3.63, 3.8) is 0 Å². The molecule has 0 bridgehead atoms. The number of aliphatic hydroxyl groups is 1. The summed E-state index contributed by atoms with van der Waals surface area (Å²) in [5.41, 5.74) is 5.00. The van der Waals surface area contributed by atoms with E-state index in [9.17, 15) is 13.5 Å². The van der Waals surface area contributed by atoms with Crippen LogP contribution in [0.25, 0.3) is 0 Å². The van der Waals surface area contributed by atoms with Crippen molar-refractivity contribution in [2.24, 2.45) is 0 Å². The second kappa shape index (κ2) is 5.57. The Morgan fingerprint density at radius 2 is 2.00 bits per heavy atom. The molecule has 0 heterocycles. The topological polar surface area (TPSA) is 83.6 Å². The van der Waals surface area contributed by atoms with E-state index in [-0.39, 0.29) is 26.7 Å². The molecular formula is C11H16BrClN2O3S. The number of nitrogens with zero attached hydrogens (tertiary/aromatic N) is 1. The average Bonchev–Trinajstić information content (AvgIpc) is 2.32. The lowest BCUT2D eigenvalue weighted by Crippen LogP contribution is -2.47. The molecule has 1 aromatic carbocycles. The van der Waals surface area contributed by atoms with Crippen molar-refractivity contribution < 1.29 is 13.5 Å². The number of rotatable bonds is 4. The van der Waals surface area contributed by atoms with Gasteiger partial charge in [0.05, 0.1) is 21.5 Å². The van der Waals surface area contributed by atoms with Crippen molar-refractivity contribution >= 4 is 43.2 Å². The molecule has 0 aliphatic heterocycles. The standard InChI is InChI=1S/C11H16BrClN2O3S/c1-11(2,6-16)15(3)19(17,18)9-5-7(13)4-8(14)10(9)12/h4-5,16H,6,14H2,1-3H3. The number of sulfonamides is 1. The third kappa shape index (κ3) is 3.22. The van der Waals surface area contributed by atoms with Gasteiger partial charge in [0.15, 0.2) is 0 Å². The first-order chi connectivity index (χ1) is 8.54. The van der Waals surface area contributed by atoms with Gasteiger partial charge in [-0.1, -0.05) is 11.6 Å². The normalized spacial score (nSPS) is 13.0. The first-order valence-electron chi connectivity index (χ1n) is 5.38. The maximum atomic E-state index is 12.5. The molecule has 0 amide bonds. The Morgan fingerprint density at radius 1 is 1.47 bits per heavy atom. The Kier molecular flexibility index (Phi) is 4.90. The highest BCUT2D eigenvalue weighted by Gasteiger charge is 2.35. The summed E-state index contributed by atoms with van der Waals surface area (Å²) in [6.45, 7) is 2.93. The Hall–Kier alpha value is -0.340. The van der Waals surface area contributed by atoms with E-state index >= 15 is 0 Å². The number of hydrogen-bond acceptors (Lipinski definition) is 4. The largest absolute Gasteiger partial charge is 0.398 e. The van der Waals surface area contributed by atoms with Gasteiger partial charge in [0.2, 0.25) is 10.0 Å². The fourth-order valence-electron chi connectivity index (χ4n) is 1.34. The lowest BCUT2D eigenvalue weighted by molar-refractivity contribution is 0.138. The minimum Gasteiger partial charge on any atom is -0.398 e. The molecular weight excluding hydrogens is 356 g/mol. The van der Waals surface area contributed by atoms with Crippen LogP contribution >= 0.6 is 27.5 Å². The lowest BCUT2D eigenvalue weighted by atomic mass is 10.1. The number of aliphatic hydroxyl groups excluding tert-OH is 1. The van der Waals surface area contributed by atoms with Gasteiger partial charge in [-0.15, -0.1) is 0 Å². The van der Waals surface area contributed by atoms with Gasteiger partial charge >= 0.3 is 0 Å². The molecule has 0 saturated carbocycles. The monoisotopic (exact) mass is 370 g/mol. The van der Waals surface area contributed by atoms with Crippen LogP contribution in [0.5, 0.6) is 0 Å². The van der Waals surface area contributed by atoms with Gasteiger partial charge in [-0.3, -0.25) is 0 Å². The molecule has 0 aliphatic rings. The fraction of sp³-hybridized carbons (Fsp3) is 0.455. The summed E-state index contributed by atoms with van der Waals surface area (Å²) in [6.07, 6.45) is 0. The molecule has 0 aromatic heterocycles. The molecule has 0 radical (unpaired) electrons. The summed E-state index contributed by atoms with van der Waals surface area (Å²) in [6, 6.07) is 2.78. The number of nitrogens with two attached hydrogens (primary N) is 1. The van der Waals surface area contributed by atoms with E-state index in [1.165, 1.54) is 19.2 Å². The third-order valence-electron chi connectivity index (χ3n) is 2.91. The van der Waals surface area contributed by atoms with Crippen molar-refractivity contribution in [2.45, 2.75) is 24.3 Å². The minimum atomic E-state index is -3.82. The third-order valence-corrected chi connectivity index (χ3v) is 6.37. The zero-order chi connectivity index (χ0) is 15.0. The number of anilines is 1. The van der Waals surface area contributed by atoms with Crippen LogP contribution in [0.1, 0.15) is 13.8 Å². The summed E-state index contributed by atoms with van der Waals surface area (Å²) < 4.78 is 26.4.